The lowest BCUT2D eigenvalue weighted by Gasteiger charge is -2.13. The molecular formula is C12H25N5O. The van der Waals surface area contributed by atoms with E-state index >= 15 is 0 Å². The number of rotatable bonds is 10. The van der Waals surface area contributed by atoms with E-state index < -0.39 is 0 Å². The van der Waals surface area contributed by atoms with Gasteiger partial charge in [0.1, 0.15) is 0 Å². The number of nitrogens with one attached hydrogen (secondary N) is 1. The van der Waals surface area contributed by atoms with Crippen molar-refractivity contribution in [3.8, 4) is 0 Å². The Labute approximate surface area is 109 Å². The van der Waals surface area contributed by atoms with E-state index in [1.165, 1.54) is 19.3 Å². The molecule has 0 saturated heterocycles. The van der Waals surface area contributed by atoms with Gasteiger partial charge in [-0.2, -0.15) is 0 Å². The van der Waals surface area contributed by atoms with E-state index in [2.05, 4.69) is 34.7 Å². The lowest BCUT2D eigenvalue weighted by atomic mass is 10.2. The summed E-state index contributed by atoms with van der Waals surface area (Å²) in [6, 6.07) is 0.154. The third kappa shape index (κ3) is 5.10. The van der Waals surface area contributed by atoms with Crippen LogP contribution in [0.4, 0.5) is 0 Å². The average Bonchev–Trinajstić information content (AvgIpc) is 2.83. The van der Waals surface area contributed by atoms with Gasteiger partial charge in [-0.25, -0.2) is 4.68 Å². The van der Waals surface area contributed by atoms with Crippen molar-refractivity contribution >= 4 is 0 Å². The molecule has 1 atom stereocenters. The Hall–Kier alpha value is -1.01. The zero-order chi connectivity index (χ0) is 13.2. The first-order chi connectivity index (χ1) is 8.79. The van der Waals surface area contributed by atoms with Crippen LogP contribution in [0.3, 0.4) is 0 Å². The van der Waals surface area contributed by atoms with Crippen molar-refractivity contribution < 1.29 is 4.74 Å². The summed E-state index contributed by atoms with van der Waals surface area (Å²) in [5.74, 6) is 0.905. The van der Waals surface area contributed by atoms with Crippen LogP contribution in [-0.4, -0.2) is 40.5 Å². The van der Waals surface area contributed by atoms with Gasteiger partial charge >= 0.3 is 0 Å². The van der Waals surface area contributed by atoms with Gasteiger partial charge in [0.2, 0.25) is 0 Å². The second-order valence-electron chi connectivity index (χ2n) is 4.49. The van der Waals surface area contributed by atoms with Crippen LogP contribution >= 0.6 is 0 Å². The fourth-order valence-electron chi connectivity index (χ4n) is 1.84. The van der Waals surface area contributed by atoms with E-state index in [0.29, 0.717) is 6.61 Å². The summed E-state index contributed by atoms with van der Waals surface area (Å²) in [5.41, 5.74) is 0. The van der Waals surface area contributed by atoms with Crippen LogP contribution in [0, 0.1) is 0 Å². The Morgan fingerprint density at radius 2 is 2.17 bits per heavy atom. The fourth-order valence-corrected chi connectivity index (χ4v) is 1.84. The van der Waals surface area contributed by atoms with Crippen LogP contribution in [0.5, 0.6) is 0 Å². The SMILES string of the molecule is CCCCCCn1nnnc1C(C)NCCOC. The van der Waals surface area contributed by atoms with E-state index in [9.17, 15) is 0 Å². The van der Waals surface area contributed by atoms with Crippen LogP contribution in [0.1, 0.15) is 51.4 Å². The van der Waals surface area contributed by atoms with E-state index in [1.54, 1.807) is 7.11 Å². The number of methoxy groups -OCH3 is 1. The monoisotopic (exact) mass is 255 g/mol. The van der Waals surface area contributed by atoms with Gasteiger partial charge in [-0.3, -0.25) is 0 Å². The van der Waals surface area contributed by atoms with E-state index in [4.69, 9.17) is 4.74 Å². The van der Waals surface area contributed by atoms with Crippen LogP contribution in [-0.2, 0) is 11.3 Å². The summed E-state index contributed by atoms with van der Waals surface area (Å²) in [4.78, 5) is 0. The molecule has 6 heteroatoms. The number of nitrogens with zero attached hydrogens (tertiary/aromatic N) is 4. The van der Waals surface area contributed by atoms with Gasteiger partial charge in [0, 0.05) is 20.2 Å². The molecule has 0 aliphatic carbocycles. The molecule has 0 spiro atoms. The number of unbranched alkanes of at least 4 members (excludes halogenated alkanes) is 3. The Kier molecular flexibility index (Phi) is 7.52. The zero-order valence-corrected chi connectivity index (χ0v) is 11.7. The standard InChI is InChI=1S/C12H25N5O/c1-4-5-6-7-9-17-12(14-15-16-17)11(2)13-8-10-18-3/h11,13H,4-10H2,1-3H3. The molecule has 0 aliphatic heterocycles. The van der Waals surface area contributed by atoms with Gasteiger partial charge in [0.05, 0.1) is 12.6 Å². The van der Waals surface area contributed by atoms with E-state index in [0.717, 1.165) is 25.3 Å². The molecule has 0 aromatic carbocycles. The molecule has 1 N–H and O–H groups in total. The molecule has 0 fully saturated rings. The highest BCUT2D eigenvalue weighted by atomic mass is 16.5. The fraction of sp³-hybridized carbons (Fsp3) is 0.917. The molecule has 1 heterocycles. The topological polar surface area (TPSA) is 64.9 Å². The lowest BCUT2D eigenvalue weighted by Crippen LogP contribution is -2.25. The zero-order valence-electron chi connectivity index (χ0n) is 11.7. The van der Waals surface area contributed by atoms with E-state index in [1.807, 2.05) is 4.68 Å². The summed E-state index contributed by atoms with van der Waals surface area (Å²) < 4.78 is 6.91. The van der Waals surface area contributed by atoms with Crippen molar-refractivity contribution in [2.45, 2.75) is 52.1 Å². The molecule has 0 bridgehead atoms. The van der Waals surface area contributed by atoms with Gasteiger partial charge in [0.15, 0.2) is 5.82 Å². The minimum atomic E-state index is 0.154. The maximum atomic E-state index is 5.01. The van der Waals surface area contributed by atoms with Crippen molar-refractivity contribution in [3.05, 3.63) is 5.82 Å². The van der Waals surface area contributed by atoms with Crippen molar-refractivity contribution in [1.29, 1.82) is 0 Å². The Morgan fingerprint density at radius 3 is 2.89 bits per heavy atom. The number of ether oxygens (including phenoxy) is 1. The highest BCUT2D eigenvalue weighted by Gasteiger charge is 2.13. The van der Waals surface area contributed by atoms with Gasteiger partial charge in [-0.05, 0) is 23.8 Å². The van der Waals surface area contributed by atoms with Gasteiger partial charge in [-0.1, -0.05) is 26.2 Å². The molecule has 1 aromatic rings. The van der Waals surface area contributed by atoms with Crippen molar-refractivity contribution in [2.75, 3.05) is 20.3 Å². The van der Waals surface area contributed by atoms with Gasteiger partial charge < -0.3 is 10.1 Å². The Morgan fingerprint density at radius 1 is 1.33 bits per heavy atom. The van der Waals surface area contributed by atoms with Crippen LogP contribution in [0.25, 0.3) is 0 Å². The quantitative estimate of drug-likeness (QED) is 0.643. The summed E-state index contributed by atoms with van der Waals surface area (Å²) in [7, 11) is 1.70. The third-order valence-corrected chi connectivity index (χ3v) is 2.93. The van der Waals surface area contributed by atoms with Crippen LogP contribution in [0.15, 0.2) is 0 Å². The summed E-state index contributed by atoms with van der Waals surface area (Å²) in [6.45, 7) is 6.69. The summed E-state index contributed by atoms with van der Waals surface area (Å²) in [5, 5.41) is 15.2. The van der Waals surface area contributed by atoms with Crippen molar-refractivity contribution in [1.82, 2.24) is 25.5 Å². The predicted molar refractivity (Wildman–Crippen MR) is 70.3 cm³/mol. The number of hydrogen-bond donors (Lipinski definition) is 1. The first-order valence-electron chi connectivity index (χ1n) is 6.78. The van der Waals surface area contributed by atoms with Crippen LogP contribution in [0.2, 0.25) is 0 Å². The molecule has 0 radical (unpaired) electrons. The molecule has 0 saturated carbocycles. The lowest BCUT2D eigenvalue weighted by molar-refractivity contribution is 0.195. The molecular weight excluding hydrogens is 230 g/mol. The Balaban J connectivity index is 2.38. The minimum Gasteiger partial charge on any atom is -0.383 e. The molecule has 0 aliphatic rings. The average molecular weight is 255 g/mol. The molecule has 6 nitrogen and oxygen atoms in total. The molecule has 1 aromatic heterocycles. The number of hydrogen-bond acceptors (Lipinski definition) is 5. The second-order valence-corrected chi connectivity index (χ2v) is 4.49. The first-order valence-corrected chi connectivity index (χ1v) is 6.78. The maximum absolute atomic E-state index is 5.01. The number of aromatic nitrogens is 4. The normalized spacial score (nSPS) is 12.8. The van der Waals surface area contributed by atoms with E-state index in [-0.39, 0.29) is 6.04 Å². The van der Waals surface area contributed by atoms with Gasteiger partial charge in [-0.15, -0.1) is 5.10 Å². The molecule has 1 rings (SSSR count). The van der Waals surface area contributed by atoms with Gasteiger partial charge in [0.25, 0.3) is 0 Å². The molecule has 104 valence electrons. The molecule has 1 unspecified atom stereocenters. The highest BCUT2D eigenvalue weighted by Crippen LogP contribution is 2.09. The third-order valence-electron chi connectivity index (χ3n) is 2.93. The number of aryl methyl sites for hydroxylation is 1. The first kappa shape index (κ1) is 15.0. The smallest absolute Gasteiger partial charge is 0.167 e. The van der Waals surface area contributed by atoms with Crippen molar-refractivity contribution in [2.24, 2.45) is 0 Å². The van der Waals surface area contributed by atoms with Crippen molar-refractivity contribution in [3.63, 3.8) is 0 Å². The molecule has 18 heavy (non-hydrogen) atoms. The maximum Gasteiger partial charge on any atom is 0.167 e. The summed E-state index contributed by atoms with van der Waals surface area (Å²) >= 11 is 0. The Bertz CT molecular complexity index is 315. The summed E-state index contributed by atoms with van der Waals surface area (Å²) in [6.07, 6.45) is 4.90. The second kappa shape index (κ2) is 8.99. The predicted octanol–water partition coefficient (Wildman–Crippen LogP) is 1.55. The largest absolute Gasteiger partial charge is 0.383 e. The molecule has 0 amide bonds. The highest BCUT2D eigenvalue weighted by molar-refractivity contribution is 4.89. The number of tetrazole rings is 1. The minimum absolute atomic E-state index is 0.154. The van der Waals surface area contributed by atoms with Crippen LogP contribution < -0.4 is 5.32 Å².